The zero-order valence-electron chi connectivity index (χ0n) is 13.2. The van der Waals surface area contributed by atoms with Crippen molar-refractivity contribution in [3.63, 3.8) is 0 Å². The van der Waals surface area contributed by atoms with E-state index < -0.39 is 0 Å². The van der Waals surface area contributed by atoms with Crippen LogP contribution in [0.2, 0.25) is 0 Å². The number of fused-ring (bicyclic) bond motifs is 1. The van der Waals surface area contributed by atoms with Crippen molar-refractivity contribution in [3.8, 4) is 5.75 Å². The summed E-state index contributed by atoms with van der Waals surface area (Å²) in [6.07, 6.45) is 2.14. The average molecular weight is 294 g/mol. The fraction of sp³-hybridized carbons (Fsp3) is 0.263. The van der Waals surface area contributed by atoms with Crippen LogP contribution in [0, 0.1) is 0 Å². The van der Waals surface area contributed by atoms with E-state index in [0.29, 0.717) is 6.61 Å². The van der Waals surface area contributed by atoms with Gasteiger partial charge in [-0.05, 0) is 37.9 Å². The van der Waals surface area contributed by atoms with Gasteiger partial charge >= 0.3 is 0 Å². The molecular weight excluding hydrogens is 272 g/mol. The predicted octanol–water partition coefficient (Wildman–Crippen LogP) is 3.78. The van der Waals surface area contributed by atoms with Crippen LogP contribution in [0.3, 0.4) is 0 Å². The lowest BCUT2D eigenvalue weighted by atomic mass is 10.2. The molecule has 3 nitrogen and oxygen atoms in total. The van der Waals surface area contributed by atoms with Gasteiger partial charge in [0.05, 0.1) is 5.52 Å². The second-order valence-electron chi connectivity index (χ2n) is 5.78. The Labute approximate surface area is 131 Å². The molecule has 0 saturated heterocycles. The van der Waals surface area contributed by atoms with Gasteiger partial charge in [-0.3, -0.25) is 0 Å². The van der Waals surface area contributed by atoms with Crippen molar-refractivity contribution in [2.45, 2.75) is 13.2 Å². The molecule has 0 amide bonds. The van der Waals surface area contributed by atoms with Crippen LogP contribution in [0.15, 0.2) is 60.8 Å². The van der Waals surface area contributed by atoms with Crippen LogP contribution in [0.4, 0.5) is 0 Å². The van der Waals surface area contributed by atoms with Gasteiger partial charge in [0.1, 0.15) is 12.4 Å². The quantitative estimate of drug-likeness (QED) is 0.688. The first kappa shape index (κ1) is 14.7. The molecule has 1 aromatic heterocycles. The lowest BCUT2D eigenvalue weighted by Gasteiger charge is -2.12. The van der Waals surface area contributed by atoms with Gasteiger partial charge in [-0.2, -0.15) is 0 Å². The van der Waals surface area contributed by atoms with Crippen molar-refractivity contribution in [1.29, 1.82) is 0 Å². The number of aromatic nitrogens is 1. The smallest absolute Gasteiger partial charge is 0.129 e. The Balaban J connectivity index is 1.79. The summed E-state index contributed by atoms with van der Waals surface area (Å²) in [5.41, 5.74) is 2.42. The number of nitrogens with zero attached hydrogens (tertiary/aromatic N) is 2. The van der Waals surface area contributed by atoms with E-state index in [2.05, 4.69) is 60.1 Å². The first-order valence-electron chi connectivity index (χ1n) is 7.63. The minimum Gasteiger partial charge on any atom is -0.488 e. The topological polar surface area (TPSA) is 17.4 Å². The van der Waals surface area contributed by atoms with Crippen LogP contribution < -0.4 is 4.74 Å². The zero-order chi connectivity index (χ0) is 15.4. The lowest BCUT2D eigenvalue weighted by Crippen LogP contribution is -2.17. The molecule has 0 aliphatic heterocycles. The third-order valence-corrected chi connectivity index (χ3v) is 3.80. The number of hydrogen-bond donors (Lipinski definition) is 0. The summed E-state index contributed by atoms with van der Waals surface area (Å²) in [4.78, 5) is 2.20. The highest BCUT2D eigenvalue weighted by molar-refractivity contribution is 5.86. The number of hydrogen-bond acceptors (Lipinski definition) is 2. The number of rotatable bonds is 6. The van der Waals surface area contributed by atoms with Crippen molar-refractivity contribution in [1.82, 2.24) is 9.47 Å². The summed E-state index contributed by atoms with van der Waals surface area (Å²) < 4.78 is 8.30. The van der Waals surface area contributed by atoms with Crippen molar-refractivity contribution in [2.24, 2.45) is 0 Å². The Hall–Kier alpha value is -2.26. The fourth-order valence-corrected chi connectivity index (χ4v) is 2.56. The predicted molar refractivity (Wildman–Crippen MR) is 91.3 cm³/mol. The molecular formula is C19H22N2O. The van der Waals surface area contributed by atoms with Crippen LogP contribution in [0.5, 0.6) is 5.75 Å². The molecule has 0 fully saturated rings. The number of benzene rings is 2. The minimum absolute atomic E-state index is 0.600. The highest BCUT2D eigenvalue weighted by Crippen LogP contribution is 2.27. The number of ether oxygens (including phenoxy) is 1. The minimum atomic E-state index is 0.600. The molecule has 0 bridgehead atoms. The summed E-state index contributed by atoms with van der Waals surface area (Å²) in [7, 11) is 4.19. The molecule has 22 heavy (non-hydrogen) atoms. The van der Waals surface area contributed by atoms with Crippen LogP contribution in [-0.4, -0.2) is 30.1 Å². The standard InChI is InChI=1S/C19H22N2O/c1-20(2)13-14-21-12-11-17-18(21)9-6-10-19(17)22-15-16-7-4-3-5-8-16/h3-12H,13-15H2,1-2H3. The van der Waals surface area contributed by atoms with Crippen molar-refractivity contribution in [3.05, 3.63) is 66.4 Å². The Kier molecular flexibility index (Phi) is 4.45. The van der Waals surface area contributed by atoms with Gasteiger partial charge in [-0.25, -0.2) is 0 Å². The van der Waals surface area contributed by atoms with E-state index in [1.807, 2.05) is 24.3 Å². The van der Waals surface area contributed by atoms with Gasteiger partial charge in [-0.15, -0.1) is 0 Å². The van der Waals surface area contributed by atoms with Gasteiger partial charge < -0.3 is 14.2 Å². The van der Waals surface area contributed by atoms with E-state index in [-0.39, 0.29) is 0 Å². The summed E-state index contributed by atoms with van der Waals surface area (Å²) in [5.74, 6) is 0.949. The van der Waals surface area contributed by atoms with Gasteiger partial charge in [0, 0.05) is 24.7 Å². The SMILES string of the molecule is CN(C)CCn1ccc2c(OCc3ccccc3)cccc21. The van der Waals surface area contributed by atoms with Crippen molar-refractivity contribution >= 4 is 10.9 Å². The lowest BCUT2D eigenvalue weighted by molar-refractivity contribution is 0.310. The maximum atomic E-state index is 6.02. The maximum Gasteiger partial charge on any atom is 0.129 e. The van der Waals surface area contributed by atoms with Crippen molar-refractivity contribution < 1.29 is 4.74 Å². The third kappa shape index (κ3) is 3.31. The average Bonchev–Trinajstić information content (AvgIpc) is 2.95. The molecule has 0 N–H and O–H groups in total. The summed E-state index contributed by atoms with van der Waals surface area (Å²) in [6, 6.07) is 18.7. The second kappa shape index (κ2) is 6.67. The van der Waals surface area contributed by atoms with Gasteiger partial charge in [-0.1, -0.05) is 36.4 Å². The molecule has 2 aromatic carbocycles. The molecule has 0 radical (unpaired) electrons. The Morgan fingerprint density at radius 1 is 0.955 bits per heavy atom. The van der Waals surface area contributed by atoms with Gasteiger partial charge in [0.25, 0.3) is 0 Å². The maximum absolute atomic E-state index is 6.02. The molecule has 1 heterocycles. The molecule has 0 saturated carbocycles. The third-order valence-electron chi connectivity index (χ3n) is 3.80. The van der Waals surface area contributed by atoms with E-state index in [1.54, 1.807) is 0 Å². The molecule has 0 atom stereocenters. The molecule has 0 aliphatic carbocycles. The van der Waals surface area contributed by atoms with E-state index in [9.17, 15) is 0 Å². The van der Waals surface area contributed by atoms with Crippen LogP contribution in [0.1, 0.15) is 5.56 Å². The molecule has 0 aliphatic rings. The second-order valence-corrected chi connectivity index (χ2v) is 5.78. The highest BCUT2D eigenvalue weighted by atomic mass is 16.5. The largest absolute Gasteiger partial charge is 0.488 e. The zero-order valence-corrected chi connectivity index (χ0v) is 13.2. The monoisotopic (exact) mass is 294 g/mol. The molecule has 3 heteroatoms. The molecule has 3 rings (SSSR count). The first-order chi connectivity index (χ1) is 10.7. The summed E-state index contributed by atoms with van der Waals surface area (Å²) >= 11 is 0. The van der Waals surface area contributed by atoms with E-state index >= 15 is 0 Å². The normalized spacial score (nSPS) is 11.2. The van der Waals surface area contributed by atoms with Crippen LogP contribution >= 0.6 is 0 Å². The Morgan fingerprint density at radius 2 is 1.77 bits per heavy atom. The molecule has 3 aromatic rings. The first-order valence-corrected chi connectivity index (χ1v) is 7.63. The van der Waals surface area contributed by atoms with Crippen molar-refractivity contribution in [2.75, 3.05) is 20.6 Å². The summed E-state index contributed by atoms with van der Waals surface area (Å²) in [6.45, 7) is 2.61. The Bertz CT molecular complexity index is 732. The van der Waals surface area contributed by atoms with Gasteiger partial charge in [0.2, 0.25) is 0 Å². The van der Waals surface area contributed by atoms with E-state index in [4.69, 9.17) is 4.74 Å². The van der Waals surface area contributed by atoms with Crippen LogP contribution in [0.25, 0.3) is 10.9 Å². The van der Waals surface area contributed by atoms with Crippen LogP contribution in [-0.2, 0) is 13.2 Å². The molecule has 0 unspecified atom stereocenters. The van der Waals surface area contributed by atoms with E-state index in [1.165, 1.54) is 16.5 Å². The highest BCUT2D eigenvalue weighted by Gasteiger charge is 2.07. The number of likely N-dealkylation sites (N-methyl/N-ethyl adjacent to an activating group) is 1. The molecule has 0 spiro atoms. The van der Waals surface area contributed by atoms with E-state index in [0.717, 1.165) is 18.8 Å². The Morgan fingerprint density at radius 3 is 2.55 bits per heavy atom. The molecule has 114 valence electrons. The summed E-state index contributed by atoms with van der Waals surface area (Å²) in [5, 5.41) is 1.18. The van der Waals surface area contributed by atoms with Gasteiger partial charge in [0.15, 0.2) is 0 Å². The fourth-order valence-electron chi connectivity index (χ4n) is 2.56.